The Hall–Kier alpha value is -1.13. The summed E-state index contributed by atoms with van der Waals surface area (Å²) in [6.07, 6.45) is 5.71. The molecule has 0 atom stereocenters. The third-order valence-corrected chi connectivity index (χ3v) is 2.87. The fourth-order valence-corrected chi connectivity index (χ4v) is 1.85. The molecule has 0 unspecified atom stereocenters. The Morgan fingerprint density at radius 2 is 1.94 bits per heavy atom. The Morgan fingerprint density at radius 1 is 1.24 bits per heavy atom. The number of aryl methyl sites for hydroxylation is 2. The van der Waals surface area contributed by atoms with Crippen LogP contribution in [0.25, 0.3) is 0 Å². The molecule has 5 heteroatoms. The van der Waals surface area contributed by atoms with E-state index in [1.54, 1.807) is 18.3 Å². The van der Waals surface area contributed by atoms with Gasteiger partial charge in [0.2, 0.25) is 0 Å². The minimum atomic E-state index is 0. The summed E-state index contributed by atoms with van der Waals surface area (Å²) in [5, 5.41) is 9.90. The van der Waals surface area contributed by atoms with Crippen molar-refractivity contribution in [2.24, 2.45) is 0 Å². The van der Waals surface area contributed by atoms with Gasteiger partial charge in [-0.15, -0.1) is 25.0 Å². The van der Waals surface area contributed by atoms with Gasteiger partial charge in [0.1, 0.15) is 5.75 Å². The van der Waals surface area contributed by atoms with Gasteiger partial charge >= 0.3 is 0 Å². The molecule has 0 bridgehead atoms. The van der Waals surface area contributed by atoms with Gasteiger partial charge in [0.15, 0.2) is 5.16 Å². The average Bonchev–Trinajstić information content (AvgIpc) is 2.68. The molecule has 0 radical (unpaired) electrons. The van der Waals surface area contributed by atoms with Crippen LogP contribution in [0.15, 0.2) is 41.8 Å². The van der Waals surface area contributed by atoms with Crippen molar-refractivity contribution in [1.29, 1.82) is 0 Å². The topological polar surface area (TPSA) is 38.0 Å². The minimum Gasteiger partial charge on any atom is -0.508 e. The van der Waals surface area contributed by atoms with Crippen LogP contribution in [0.1, 0.15) is 12.0 Å². The number of imidazole rings is 1. The van der Waals surface area contributed by atoms with Crippen LogP contribution in [-0.2, 0) is 13.0 Å². The first-order valence-corrected chi connectivity index (χ1v) is 5.68. The van der Waals surface area contributed by atoms with Crippen molar-refractivity contribution in [3.05, 3.63) is 42.2 Å². The molecule has 0 aliphatic rings. The van der Waals surface area contributed by atoms with Crippen LogP contribution in [0.3, 0.4) is 0 Å². The molecule has 0 saturated carbocycles. The molecule has 3 nitrogen and oxygen atoms in total. The van der Waals surface area contributed by atoms with Crippen LogP contribution in [0.5, 0.6) is 5.75 Å². The second kappa shape index (κ2) is 6.57. The third-order valence-electron chi connectivity index (χ3n) is 2.49. The van der Waals surface area contributed by atoms with Gasteiger partial charge in [-0.1, -0.05) is 12.1 Å². The van der Waals surface area contributed by atoms with Crippen molar-refractivity contribution < 1.29 is 5.11 Å². The molecular formula is C12H15ClN2OS. The molecule has 0 fully saturated rings. The van der Waals surface area contributed by atoms with Gasteiger partial charge in [-0.05, 0) is 30.5 Å². The molecule has 92 valence electrons. The number of hydrogen-bond acceptors (Lipinski definition) is 3. The van der Waals surface area contributed by atoms with E-state index in [9.17, 15) is 0 Å². The number of aromatic hydroxyl groups is 1. The Labute approximate surface area is 112 Å². The molecule has 1 aromatic carbocycles. The predicted octanol–water partition coefficient (Wildman–Crippen LogP) is 2.93. The normalized spacial score (nSPS) is 9.94. The smallest absolute Gasteiger partial charge is 0.164 e. The summed E-state index contributed by atoms with van der Waals surface area (Å²) in [6.45, 7) is 0.916. The fraction of sp³-hybridized carbons (Fsp3) is 0.250. The first-order valence-electron chi connectivity index (χ1n) is 5.24. The van der Waals surface area contributed by atoms with Crippen molar-refractivity contribution >= 4 is 25.0 Å². The second-order valence-corrected chi connectivity index (χ2v) is 4.09. The fourth-order valence-electron chi connectivity index (χ4n) is 1.61. The highest BCUT2D eigenvalue weighted by Gasteiger charge is 1.98. The maximum Gasteiger partial charge on any atom is 0.164 e. The Balaban J connectivity index is 0.00000144. The number of aromatic nitrogens is 2. The Bertz CT molecular complexity index is 456. The maximum atomic E-state index is 9.15. The van der Waals surface area contributed by atoms with Crippen molar-refractivity contribution in [3.63, 3.8) is 0 Å². The molecule has 0 amide bonds. The monoisotopic (exact) mass is 270 g/mol. The first-order chi connectivity index (χ1) is 7.75. The quantitative estimate of drug-likeness (QED) is 0.839. The summed E-state index contributed by atoms with van der Waals surface area (Å²) in [4.78, 5) is 4.05. The Morgan fingerprint density at radius 3 is 2.53 bits per heavy atom. The molecule has 0 aliphatic carbocycles. The number of rotatable bonds is 4. The largest absolute Gasteiger partial charge is 0.508 e. The lowest BCUT2D eigenvalue weighted by atomic mass is 10.1. The molecule has 17 heavy (non-hydrogen) atoms. The lowest BCUT2D eigenvalue weighted by Gasteiger charge is -2.04. The third kappa shape index (κ3) is 3.98. The zero-order valence-electron chi connectivity index (χ0n) is 9.28. The standard InChI is InChI=1S/C12H14N2OS.ClH/c15-11-5-3-10(4-6-11)2-1-8-14-9-7-13-12(14)16;/h3-7,9,15H,1-2,8H2,(H,13,16);1H. The molecule has 2 rings (SSSR count). The lowest BCUT2D eigenvalue weighted by molar-refractivity contribution is 0.475. The number of hydrogen-bond donors (Lipinski definition) is 2. The van der Waals surface area contributed by atoms with Crippen LogP contribution in [-0.4, -0.2) is 14.7 Å². The van der Waals surface area contributed by atoms with E-state index in [2.05, 4.69) is 17.6 Å². The van der Waals surface area contributed by atoms with E-state index < -0.39 is 0 Å². The maximum absolute atomic E-state index is 9.15. The molecule has 1 heterocycles. The van der Waals surface area contributed by atoms with Gasteiger partial charge in [0.25, 0.3) is 0 Å². The highest BCUT2D eigenvalue weighted by atomic mass is 35.5. The minimum absolute atomic E-state index is 0. The Kier molecular flexibility index (Phi) is 5.38. The van der Waals surface area contributed by atoms with E-state index >= 15 is 0 Å². The molecular weight excluding hydrogens is 256 g/mol. The highest BCUT2D eigenvalue weighted by Crippen LogP contribution is 2.12. The summed E-state index contributed by atoms with van der Waals surface area (Å²) in [5.74, 6) is 0.316. The summed E-state index contributed by atoms with van der Waals surface area (Å²) in [7, 11) is 0. The van der Waals surface area contributed by atoms with Gasteiger partial charge in [-0.3, -0.25) is 0 Å². The molecule has 0 spiro atoms. The zero-order valence-corrected chi connectivity index (χ0v) is 11.0. The van der Waals surface area contributed by atoms with Crippen LogP contribution < -0.4 is 0 Å². The van der Waals surface area contributed by atoms with E-state index in [1.807, 2.05) is 22.9 Å². The van der Waals surface area contributed by atoms with Crippen LogP contribution in [0.4, 0.5) is 0 Å². The number of benzene rings is 1. The first kappa shape index (κ1) is 13.9. The highest BCUT2D eigenvalue weighted by molar-refractivity contribution is 7.80. The van der Waals surface area contributed by atoms with Gasteiger partial charge in [-0.25, -0.2) is 4.98 Å². The molecule has 2 aromatic rings. The van der Waals surface area contributed by atoms with E-state index in [4.69, 9.17) is 5.11 Å². The van der Waals surface area contributed by atoms with Crippen molar-refractivity contribution in [3.8, 4) is 5.75 Å². The summed E-state index contributed by atoms with van der Waals surface area (Å²) < 4.78 is 2.02. The zero-order chi connectivity index (χ0) is 11.4. The number of nitrogens with zero attached hydrogens (tertiary/aromatic N) is 2. The number of phenolic OH excluding ortho intramolecular Hbond substituents is 1. The van der Waals surface area contributed by atoms with Gasteiger partial charge in [-0.2, -0.15) is 0 Å². The number of phenols is 1. The summed E-state index contributed by atoms with van der Waals surface area (Å²) in [5.41, 5.74) is 1.23. The van der Waals surface area contributed by atoms with E-state index in [0.717, 1.165) is 24.5 Å². The van der Waals surface area contributed by atoms with Crippen LogP contribution >= 0.6 is 25.0 Å². The van der Waals surface area contributed by atoms with E-state index in [0.29, 0.717) is 5.75 Å². The molecule has 0 aliphatic heterocycles. The second-order valence-electron chi connectivity index (χ2n) is 3.69. The number of thiol groups is 1. The van der Waals surface area contributed by atoms with Crippen molar-refractivity contribution in [1.82, 2.24) is 9.55 Å². The van der Waals surface area contributed by atoms with Gasteiger partial charge in [0, 0.05) is 18.9 Å². The van der Waals surface area contributed by atoms with Gasteiger partial charge < -0.3 is 9.67 Å². The van der Waals surface area contributed by atoms with Crippen LogP contribution in [0, 0.1) is 0 Å². The molecule has 0 saturated heterocycles. The average molecular weight is 271 g/mol. The summed E-state index contributed by atoms with van der Waals surface area (Å²) >= 11 is 4.24. The van der Waals surface area contributed by atoms with Crippen LogP contribution in [0.2, 0.25) is 0 Å². The van der Waals surface area contributed by atoms with Gasteiger partial charge in [0.05, 0.1) is 0 Å². The van der Waals surface area contributed by atoms with Crippen molar-refractivity contribution in [2.45, 2.75) is 24.5 Å². The molecule has 1 N–H and O–H groups in total. The summed E-state index contributed by atoms with van der Waals surface area (Å²) in [6, 6.07) is 7.34. The van der Waals surface area contributed by atoms with E-state index in [-0.39, 0.29) is 12.4 Å². The molecule has 1 aromatic heterocycles. The van der Waals surface area contributed by atoms with E-state index in [1.165, 1.54) is 5.56 Å². The lowest BCUT2D eigenvalue weighted by Crippen LogP contribution is -1.98. The van der Waals surface area contributed by atoms with Crippen molar-refractivity contribution in [2.75, 3.05) is 0 Å². The SMILES string of the molecule is Cl.Oc1ccc(CCCn2ccnc2S)cc1. The predicted molar refractivity (Wildman–Crippen MR) is 73.2 cm³/mol. The number of halogens is 1.